The van der Waals surface area contributed by atoms with Crippen molar-refractivity contribution in [2.45, 2.75) is 38.5 Å². The molecule has 0 atom stereocenters. The third-order valence-corrected chi connectivity index (χ3v) is 5.52. The highest BCUT2D eigenvalue weighted by Gasteiger charge is 2.32. The predicted octanol–water partition coefficient (Wildman–Crippen LogP) is 2.78. The van der Waals surface area contributed by atoms with Crippen LogP contribution in [0.25, 0.3) is 0 Å². The maximum atomic E-state index is 12.5. The van der Waals surface area contributed by atoms with Gasteiger partial charge in [0.1, 0.15) is 0 Å². The summed E-state index contributed by atoms with van der Waals surface area (Å²) >= 11 is 0. The lowest BCUT2D eigenvalue weighted by atomic mass is 9.94. The minimum Gasteiger partial charge on any atom is -0.454 e. The highest BCUT2D eigenvalue weighted by Crippen LogP contribution is 2.34. The lowest BCUT2D eigenvalue weighted by Gasteiger charge is -2.33. The number of likely N-dealkylation sites (tertiary alicyclic amines) is 1. The minimum atomic E-state index is -0.0435. The second-order valence-electron chi connectivity index (χ2n) is 7.14. The Hall–Kier alpha value is -2.24. The van der Waals surface area contributed by atoms with Crippen molar-refractivity contribution in [1.29, 1.82) is 0 Å². The Balaban J connectivity index is 1.30. The molecule has 6 heteroatoms. The number of hydrogen-bond acceptors (Lipinski definition) is 4. The molecular weight excluding hydrogens is 320 g/mol. The van der Waals surface area contributed by atoms with Gasteiger partial charge in [0, 0.05) is 36.7 Å². The fourth-order valence-electron chi connectivity index (χ4n) is 4.01. The molecule has 3 aliphatic rings. The van der Waals surface area contributed by atoms with Crippen LogP contribution in [0.5, 0.6) is 11.5 Å². The summed E-state index contributed by atoms with van der Waals surface area (Å²) in [6, 6.07) is 5.42. The summed E-state index contributed by atoms with van der Waals surface area (Å²) in [7, 11) is 0. The van der Waals surface area contributed by atoms with Gasteiger partial charge in [0.25, 0.3) is 0 Å². The van der Waals surface area contributed by atoms with E-state index in [1.54, 1.807) is 12.1 Å². The van der Waals surface area contributed by atoms with E-state index in [0.717, 1.165) is 31.4 Å². The summed E-state index contributed by atoms with van der Waals surface area (Å²) in [5.74, 6) is 1.86. The second-order valence-corrected chi connectivity index (χ2v) is 7.14. The largest absolute Gasteiger partial charge is 0.454 e. The molecule has 0 bridgehead atoms. The Labute approximate surface area is 147 Å². The average molecular weight is 344 g/mol. The van der Waals surface area contributed by atoms with Crippen LogP contribution < -0.4 is 14.8 Å². The zero-order valence-corrected chi connectivity index (χ0v) is 14.3. The first-order chi connectivity index (χ1) is 12.2. The van der Waals surface area contributed by atoms with Gasteiger partial charge in [-0.2, -0.15) is 0 Å². The molecule has 1 saturated carbocycles. The van der Waals surface area contributed by atoms with E-state index in [1.165, 1.54) is 12.8 Å². The summed E-state index contributed by atoms with van der Waals surface area (Å²) in [5, 5.41) is 2.96. The van der Waals surface area contributed by atoms with E-state index >= 15 is 0 Å². The summed E-state index contributed by atoms with van der Waals surface area (Å²) < 4.78 is 10.6. The van der Waals surface area contributed by atoms with Crippen LogP contribution in [-0.4, -0.2) is 36.6 Å². The van der Waals surface area contributed by atoms with Gasteiger partial charge in [-0.3, -0.25) is 9.59 Å². The monoisotopic (exact) mass is 344 g/mol. The van der Waals surface area contributed by atoms with Crippen molar-refractivity contribution in [3.63, 3.8) is 0 Å². The van der Waals surface area contributed by atoms with Crippen LogP contribution in [0.4, 0.5) is 5.69 Å². The molecule has 25 heavy (non-hydrogen) atoms. The molecule has 1 saturated heterocycles. The van der Waals surface area contributed by atoms with Gasteiger partial charge in [-0.05, 0) is 37.8 Å². The average Bonchev–Trinajstić information content (AvgIpc) is 3.32. The number of ether oxygens (including phenoxy) is 2. The molecule has 2 fully saturated rings. The third kappa shape index (κ3) is 3.43. The molecule has 1 N–H and O–H groups in total. The third-order valence-electron chi connectivity index (χ3n) is 5.52. The Morgan fingerprint density at radius 1 is 0.960 bits per heavy atom. The Morgan fingerprint density at radius 2 is 1.68 bits per heavy atom. The number of rotatable bonds is 3. The molecule has 1 aromatic rings. The molecule has 6 nitrogen and oxygen atoms in total. The van der Waals surface area contributed by atoms with Crippen molar-refractivity contribution < 1.29 is 19.1 Å². The number of fused-ring (bicyclic) bond motifs is 1. The van der Waals surface area contributed by atoms with Crippen LogP contribution in [-0.2, 0) is 9.59 Å². The number of nitrogens with one attached hydrogen (secondary N) is 1. The summed E-state index contributed by atoms with van der Waals surface area (Å²) in [5.41, 5.74) is 0.721. The van der Waals surface area contributed by atoms with Crippen molar-refractivity contribution >= 4 is 17.5 Å². The molecule has 134 valence electrons. The summed E-state index contributed by atoms with van der Waals surface area (Å²) in [4.78, 5) is 26.9. The summed E-state index contributed by atoms with van der Waals surface area (Å²) in [6.45, 7) is 1.60. The maximum absolute atomic E-state index is 12.5. The molecule has 2 heterocycles. The maximum Gasteiger partial charge on any atom is 0.231 e. The van der Waals surface area contributed by atoms with Gasteiger partial charge in [-0.1, -0.05) is 12.8 Å². The molecule has 1 aromatic carbocycles. The van der Waals surface area contributed by atoms with Crippen molar-refractivity contribution in [2.75, 3.05) is 25.2 Å². The van der Waals surface area contributed by atoms with Gasteiger partial charge in [0.05, 0.1) is 0 Å². The molecule has 0 radical (unpaired) electrons. The van der Waals surface area contributed by atoms with Gasteiger partial charge >= 0.3 is 0 Å². The molecule has 1 aliphatic carbocycles. The van der Waals surface area contributed by atoms with Crippen molar-refractivity contribution in [3.05, 3.63) is 18.2 Å². The van der Waals surface area contributed by atoms with Gasteiger partial charge in [-0.15, -0.1) is 0 Å². The number of hydrogen-bond donors (Lipinski definition) is 1. The number of nitrogens with zero attached hydrogens (tertiary/aromatic N) is 1. The standard InChI is InChI=1S/C19H24N2O4/c22-18(20-15-5-6-16-17(11-15)25-12-24-16)13-7-9-21(10-8-13)19(23)14-3-1-2-4-14/h5-6,11,13-14H,1-4,7-10,12H2,(H,20,22). The first kappa shape index (κ1) is 16.2. The molecule has 0 unspecified atom stereocenters. The number of carbonyl (C=O) groups excluding carboxylic acids is 2. The normalized spacial score (nSPS) is 20.7. The fraction of sp³-hybridized carbons (Fsp3) is 0.579. The molecular formula is C19H24N2O4. The van der Waals surface area contributed by atoms with Crippen molar-refractivity contribution in [3.8, 4) is 11.5 Å². The van der Waals surface area contributed by atoms with E-state index in [2.05, 4.69) is 5.32 Å². The second kappa shape index (κ2) is 6.94. The number of carbonyl (C=O) groups is 2. The molecule has 4 rings (SSSR count). The first-order valence-corrected chi connectivity index (χ1v) is 9.20. The summed E-state index contributed by atoms with van der Waals surface area (Å²) in [6.07, 6.45) is 5.87. The minimum absolute atomic E-state index is 0.0202. The quantitative estimate of drug-likeness (QED) is 0.915. The lowest BCUT2D eigenvalue weighted by Crippen LogP contribution is -2.43. The van der Waals surface area contributed by atoms with Gasteiger partial charge in [0.2, 0.25) is 18.6 Å². The van der Waals surface area contributed by atoms with E-state index in [9.17, 15) is 9.59 Å². The molecule has 2 aliphatic heterocycles. The van der Waals surface area contributed by atoms with Crippen LogP contribution in [0.15, 0.2) is 18.2 Å². The van der Waals surface area contributed by atoms with Crippen LogP contribution in [0.3, 0.4) is 0 Å². The number of amides is 2. The Kier molecular flexibility index (Phi) is 4.51. The molecule has 2 amide bonds. The zero-order valence-electron chi connectivity index (χ0n) is 14.3. The number of piperidine rings is 1. The van der Waals surface area contributed by atoms with Crippen LogP contribution in [0, 0.1) is 11.8 Å². The van der Waals surface area contributed by atoms with E-state index in [0.29, 0.717) is 30.5 Å². The fourth-order valence-corrected chi connectivity index (χ4v) is 4.01. The molecule has 0 aromatic heterocycles. The van der Waals surface area contributed by atoms with Crippen LogP contribution >= 0.6 is 0 Å². The zero-order chi connectivity index (χ0) is 17.2. The smallest absolute Gasteiger partial charge is 0.231 e. The van der Waals surface area contributed by atoms with Crippen molar-refractivity contribution in [1.82, 2.24) is 4.90 Å². The van der Waals surface area contributed by atoms with Crippen LogP contribution in [0.2, 0.25) is 0 Å². The highest BCUT2D eigenvalue weighted by atomic mass is 16.7. The Bertz CT molecular complexity index is 661. The van der Waals surface area contributed by atoms with Crippen LogP contribution in [0.1, 0.15) is 38.5 Å². The van der Waals surface area contributed by atoms with E-state index < -0.39 is 0 Å². The first-order valence-electron chi connectivity index (χ1n) is 9.20. The number of anilines is 1. The Morgan fingerprint density at radius 3 is 2.44 bits per heavy atom. The topological polar surface area (TPSA) is 67.9 Å². The number of benzene rings is 1. The predicted molar refractivity (Wildman–Crippen MR) is 92.5 cm³/mol. The van der Waals surface area contributed by atoms with E-state index in [1.807, 2.05) is 11.0 Å². The van der Waals surface area contributed by atoms with Gasteiger partial charge in [0.15, 0.2) is 11.5 Å². The van der Waals surface area contributed by atoms with E-state index in [4.69, 9.17) is 9.47 Å². The highest BCUT2D eigenvalue weighted by molar-refractivity contribution is 5.93. The van der Waals surface area contributed by atoms with Gasteiger partial charge < -0.3 is 19.7 Å². The SMILES string of the molecule is O=C(Nc1ccc2c(c1)OCO2)C1CCN(C(=O)C2CCCC2)CC1. The van der Waals surface area contributed by atoms with Gasteiger partial charge in [-0.25, -0.2) is 0 Å². The van der Waals surface area contributed by atoms with E-state index in [-0.39, 0.29) is 24.5 Å². The lowest BCUT2D eigenvalue weighted by molar-refractivity contribution is -0.138. The van der Waals surface area contributed by atoms with Crippen molar-refractivity contribution in [2.24, 2.45) is 11.8 Å². The molecule has 0 spiro atoms.